The van der Waals surface area contributed by atoms with Gasteiger partial charge in [0.25, 0.3) is 0 Å². The van der Waals surface area contributed by atoms with Gasteiger partial charge in [0.15, 0.2) is 0 Å². The number of nitrogens with zero attached hydrogens (tertiary/aromatic N) is 3. The van der Waals surface area contributed by atoms with Crippen LogP contribution >= 0.6 is 11.3 Å². The lowest BCUT2D eigenvalue weighted by Crippen LogP contribution is -2.37. The van der Waals surface area contributed by atoms with Crippen LogP contribution in [0, 0.1) is 11.3 Å². The molecule has 122 valence electrons. The van der Waals surface area contributed by atoms with Crippen LogP contribution in [0.15, 0.2) is 11.4 Å². The van der Waals surface area contributed by atoms with Crippen LogP contribution in [-0.2, 0) is 16.0 Å². The van der Waals surface area contributed by atoms with Crippen molar-refractivity contribution in [2.24, 2.45) is 11.3 Å². The molecule has 6 heteroatoms. The van der Waals surface area contributed by atoms with Gasteiger partial charge in [0, 0.05) is 19.5 Å². The molecular weight excluding hydrogens is 310 g/mol. The molecule has 0 radical (unpaired) electrons. The molecule has 23 heavy (non-hydrogen) atoms. The van der Waals surface area contributed by atoms with Crippen molar-refractivity contribution in [3.8, 4) is 0 Å². The van der Waals surface area contributed by atoms with Gasteiger partial charge < -0.3 is 9.64 Å². The van der Waals surface area contributed by atoms with E-state index in [4.69, 9.17) is 9.72 Å². The van der Waals surface area contributed by atoms with Crippen LogP contribution in [0.4, 0.5) is 5.82 Å². The lowest BCUT2D eigenvalue weighted by molar-refractivity contribution is -0.152. The fraction of sp³-hybridized carbons (Fsp3) is 0.588. The minimum Gasteiger partial charge on any atom is -0.469 e. The van der Waals surface area contributed by atoms with Gasteiger partial charge in [0.05, 0.1) is 17.9 Å². The molecule has 2 atom stereocenters. The number of ether oxygens (including phenoxy) is 1. The lowest BCUT2D eigenvalue weighted by atomic mass is 9.81. The monoisotopic (exact) mass is 331 g/mol. The third-order valence-corrected chi connectivity index (χ3v) is 6.24. The molecule has 2 aromatic heterocycles. The summed E-state index contributed by atoms with van der Waals surface area (Å²) in [4.78, 5) is 25.2. The number of thiophene rings is 1. The number of fused-ring (bicyclic) bond motifs is 2. The SMILES string of the molecule is CCc1nc(N2CC3CCCC3(C(=O)OC)C2)c2ccsc2n1. The molecule has 2 unspecified atom stereocenters. The van der Waals surface area contributed by atoms with Crippen molar-refractivity contribution in [1.29, 1.82) is 0 Å². The van der Waals surface area contributed by atoms with Crippen molar-refractivity contribution in [3.05, 3.63) is 17.3 Å². The lowest BCUT2D eigenvalue weighted by Gasteiger charge is -2.25. The van der Waals surface area contributed by atoms with Crippen molar-refractivity contribution in [2.45, 2.75) is 32.6 Å². The predicted octanol–water partition coefficient (Wildman–Crippen LogP) is 3.03. The zero-order chi connectivity index (χ0) is 16.0. The molecule has 1 saturated carbocycles. The van der Waals surface area contributed by atoms with Crippen LogP contribution in [0.2, 0.25) is 0 Å². The molecule has 1 aliphatic heterocycles. The summed E-state index contributed by atoms with van der Waals surface area (Å²) in [6.45, 7) is 3.68. The zero-order valence-electron chi connectivity index (χ0n) is 13.5. The maximum absolute atomic E-state index is 12.5. The summed E-state index contributed by atoms with van der Waals surface area (Å²) < 4.78 is 5.14. The fourth-order valence-electron chi connectivity index (χ4n) is 4.27. The molecule has 2 fully saturated rings. The average molecular weight is 331 g/mol. The first kappa shape index (κ1) is 14.9. The van der Waals surface area contributed by atoms with E-state index in [0.29, 0.717) is 5.92 Å². The number of aromatic nitrogens is 2. The Morgan fingerprint density at radius 3 is 3.17 bits per heavy atom. The number of aryl methyl sites for hydroxylation is 1. The van der Waals surface area contributed by atoms with Crippen molar-refractivity contribution in [3.63, 3.8) is 0 Å². The largest absolute Gasteiger partial charge is 0.469 e. The minimum atomic E-state index is -0.339. The molecule has 2 aliphatic rings. The molecule has 0 amide bonds. The van der Waals surface area contributed by atoms with Gasteiger partial charge >= 0.3 is 5.97 Å². The number of rotatable bonds is 3. The van der Waals surface area contributed by atoms with Crippen LogP contribution in [0.3, 0.4) is 0 Å². The van der Waals surface area contributed by atoms with Crippen LogP contribution in [-0.4, -0.2) is 36.1 Å². The molecule has 0 bridgehead atoms. The van der Waals surface area contributed by atoms with Crippen molar-refractivity contribution < 1.29 is 9.53 Å². The topological polar surface area (TPSA) is 55.3 Å². The van der Waals surface area contributed by atoms with Crippen molar-refractivity contribution >= 4 is 33.3 Å². The standard InChI is InChI=1S/C17H21N3O2S/c1-3-13-18-14(12-6-8-23-15(12)19-13)20-9-11-5-4-7-17(11,10-20)16(21)22-2/h6,8,11H,3-5,7,9-10H2,1-2H3. The highest BCUT2D eigenvalue weighted by Crippen LogP contribution is 2.50. The number of esters is 1. The number of hydrogen-bond donors (Lipinski definition) is 0. The first-order valence-electron chi connectivity index (χ1n) is 8.25. The summed E-state index contributed by atoms with van der Waals surface area (Å²) in [6, 6.07) is 2.09. The number of methoxy groups -OCH3 is 1. The number of carbonyl (C=O) groups excluding carboxylic acids is 1. The van der Waals surface area contributed by atoms with E-state index in [1.807, 2.05) is 0 Å². The van der Waals surface area contributed by atoms with Gasteiger partial charge in [-0.1, -0.05) is 13.3 Å². The van der Waals surface area contributed by atoms with E-state index in [1.54, 1.807) is 11.3 Å². The zero-order valence-corrected chi connectivity index (χ0v) is 14.4. The van der Waals surface area contributed by atoms with Crippen molar-refractivity contribution in [2.75, 3.05) is 25.1 Å². The van der Waals surface area contributed by atoms with E-state index < -0.39 is 0 Å². The van der Waals surface area contributed by atoms with Crippen LogP contribution in [0.5, 0.6) is 0 Å². The van der Waals surface area contributed by atoms with Gasteiger partial charge in [0.2, 0.25) is 0 Å². The molecule has 1 aliphatic carbocycles. The van der Waals surface area contributed by atoms with E-state index in [2.05, 4.69) is 28.3 Å². The molecule has 3 heterocycles. The fourth-order valence-corrected chi connectivity index (χ4v) is 5.05. The summed E-state index contributed by atoms with van der Waals surface area (Å²) in [5.41, 5.74) is -0.339. The Bertz CT molecular complexity index is 759. The quantitative estimate of drug-likeness (QED) is 0.809. The molecule has 0 aromatic carbocycles. The van der Waals surface area contributed by atoms with Crippen LogP contribution < -0.4 is 4.90 Å². The third kappa shape index (κ3) is 2.15. The molecule has 2 aromatic rings. The second-order valence-corrected chi connectivity index (χ2v) is 7.47. The van der Waals surface area contributed by atoms with Crippen LogP contribution in [0.25, 0.3) is 10.2 Å². The summed E-state index contributed by atoms with van der Waals surface area (Å²) in [5, 5.41) is 3.17. The second kappa shape index (κ2) is 5.44. The predicted molar refractivity (Wildman–Crippen MR) is 90.8 cm³/mol. The Hall–Kier alpha value is -1.69. The molecular formula is C17H21N3O2S. The maximum Gasteiger partial charge on any atom is 0.313 e. The van der Waals surface area contributed by atoms with Gasteiger partial charge in [0.1, 0.15) is 16.5 Å². The Balaban J connectivity index is 1.75. The molecule has 4 rings (SSSR count). The summed E-state index contributed by atoms with van der Waals surface area (Å²) in [7, 11) is 1.51. The summed E-state index contributed by atoms with van der Waals surface area (Å²) in [6.07, 6.45) is 3.97. The molecule has 5 nitrogen and oxygen atoms in total. The average Bonchev–Trinajstić information content (AvgIpc) is 3.26. The van der Waals surface area contributed by atoms with E-state index >= 15 is 0 Å². The highest BCUT2D eigenvalue weighted by Gasteiger charge is 2.55. The van der Waals surface area contributed by atoms with Gasteiger partial charge in [-0.15, -0.1) is 11.3 Å². The van der Waals surface area contributed by atoms with Gasteiger partial charge in [-0.3, -0.25) is 4.79 Å². The van der Waals surface area contributed by atoms with E-state index in [9.17, 15) is 4.79 Å². The Morgan fingerprint density at radius 1 is 1.52 bits per heavy atom. The van der Waals surface area contributed by atoms with Gasteiger partial charge in [-0.25, -0.2) is 9.97 Å². The summed E-state index contributed by atoms with van der Waals surface area (Å²) in [5.74, 6) is 2.20. The van der Waals surface area contributed by atoms with Crippen molar-refractivity contribution in [1.82, 2.24) is 9.97 Å². The normalized spacial score (nSPS) is 26.7. The van der Waals surface area contributed by atoms with Gasteiger partial charge in [-0.05, 0) is 30.2 Å². The number of hydrogen-bond acceptors (Lipinski definition) is 6. The Morgan fingerprint density at radius 2 is 2.39 bits per heavy atom. The molecule has 1 saturated heterocycles. The first-order chi connectivity index (χ1) is 11.2. The highest BCUT2D eigenvalue weighted by atomic mass is 32.1. The first-order valence-corrected chi connectivity index (χ1v) is 9.13. The van der Waals surface area contributed by atoms with E-state index in [-0.39, 0.29) is 11.4 Å². The second-order valence-electron chi connectivity index (χ2n) is 6.57. The number of anilines is 1. The van der Waals surface area contributed by atoms with Crippen LogP contribution in [0.1, 0.15) is 32.0 Å². The minimum absolute atomic E-state index is 0.0474. The molecule has 0 spiro atoms. The highest BCUT2D eigenvalue weighted by molar-refractivity contribution is 7.16. The van der Waals surface area contributed by atoms with E-state index in [1.165, 1.54) is 7.11 Å². The number of carbonyl (C=O) groups is 1. The Kier molecular flexibility index (Phi) is 3.52. The van der Waals surface area contributed by atoms with Gasteiger partial charge in [-0.2, -0.15) is 0 Å². The third-order valence-electron chi connectivity index (χ3n) is 5.43. The molecule has 0 N–H and O–H groups in total. The summed E-state index contributed by atoms with van der Waals surface area (Å²) >= 11 is 1.65. The Labute approximate surface area is 139 Å². The maximum atomic E-state index is 12.5. The smallest absolute Gasteiger partial charge is 0.313 e. The van der Waals surface area contributed by atoms with E-state index in [0.717, 1.165) is 60.6 Å².